The standard InChI is InChI=1S/C17H16ClN3O4/c1-25-14-5-3-13(4-6-14)20-16(23)9-17(24)21-19-10-11-8-12(18)2-7-15(11)22/h2-8,10,22H,9H2,1H3,(H,20,23)(H,21,24)/b19-10+. The van der Waals surface area contributed by atoms with E-state index in [-0.39, 0.29) is 5.75 Å². The van der Waals surface area contributed by atoms with Crippen LogP contribution in [0.15, 0.2) is 47.6 Å². The van der Waals surface area contributed by atoms with Crippen LogP contribution in [0.3, 0.4) is 0 Å². The van der Waals surface area contributed by atoms with E-state index in [0.29, 0.717) is 22.0 Å². The molecule has 0 aromatic heterocycles. The van der Waals surface area contributed by atoms with E-state index in [2.05, 4.69) is 15.8 Å². The van der Waals surface area contributed by atoms with E-state index < -0.39 is 18.2 Å². The Morgan fingerprint density at radius 3 is 2.60 bits per heavy atom. The van der Waals surface area contributed by atoms with Gasteiger partial charge in [-0.25, -0.2) is 5.43 Å². The van der Waals surface area contributed by atoms with Crippen molar-refractivity contribution < 1.29 is 19.4 Å². The molecule has 0 aliphatic rings. The van der Waals surface area contributed by atoms with Crippen LogP contribution in [0.1, 0.15) is 12.0 Å². The Bertz CT molecular complexity index is 791. The third kappa shape index (κ3) is 5.82. The Morgan fingerprint density at radius 1 is 1.20 bits per heavy atom. The Morgan fingerprint density at radius 2 is 1.92 bits per heavy atom. The lowest BCUT2D eigenvalue weighted by Gasteiger charge is -2.05. The van der Waals surface area contributed by atoms with Crippen LogP contribution in [0.5, 0.6) is 11.5 Å². The molecule has 130 valence electrons. The number of methoxy groups -OCH3 is 1. The first kappa shape index (κ1) is 18.3. The van der Waals surface area contributed by atoms with Gasteiger partial charge in [0.2, 0.25) is 11.8 Å². The highest BCUT2D eigenvalue weighted by Crippen LogP contribution is 2.19. The minimum Gasteiger partial charge on any atom is -0.507 e. The molecule has 2 amide bonds. The number of amides is 2. The third-order valence-electron chi connectivity index (χ3n) is 3.08. The average molecular weight is 362 g/mol. The topological polar surface area (TPSA) is 100 Å². The maximum absolute atomic E-state index is 11.8. The Balaban J connectivity index is 1.83. The van der Waals surface area contributed by atoms with Crippen LogP contribution in [0.2, 0.25) is 5.02 Å². The smallest absolute Gasteiger partial charge is 0.249 e. The van der Waals surface area contributed by atoms with Crippen molar-refractivity contribution in [2.24, 2.45) is 5.10 Å². The second-order valence-electron chi connectivity index (χ2n) is 4.95. The van der Waals surface area contributed by atoms with E-state index in [1.165, 1.54) is 24.4 Å². The minimum atomic E-state index is -0.594. The number of halogens is 1. The molecule has 0 fully saturated rings. The number of rotatable bonds is 6. The summed E-state index contributed by atoms with van der Waals surface area (Å²) in [5.41, 5.74) is 3.10. The van der Waals surface area contributed by atoms with Gasteiger partial charge in [-0.05, 0) is 42.5 Å². The zero-order chi connectivity index (χ0) is 18.2. The van der Waals surface area contributed by atoms with E-state index in [0.717, 1.165) is 0 Å². The number of carbonyl (C=O) groups excluding carboxylic acids is 2. The SMILES string of the molecule is COc1ccc(NC(=O)CC(=O)N/N=C/c2cc(Cl)ccc2O)cc1. The molecule has 0 radical (unpaired) electrons. The number of benzene rings is 2. The highest BCUT2D eigenvalue weighted by Gasteiger charge is 2.09. The van der Waals surface area contributed by atoms with Gasteiger partial charge in [0.25, 0.3) is 0 Å². The summed E-state index contributed by atoms with van der Waals surface area (Å²) in [4.78, 5) is 23.5. The van der Waals surface area contributed by atoms with Gasteiger partial charge in [0, 0.05) is 16.3 Å². The first-order chi connectivity index (χ1) is 12.0. The van der Waals surface area contributed by atoms with Gasteiger partial charge in [-0.1, -0.05) is 11.6 Å². The number of hydrogen-bond donors (Lipinski definition) is 3. The minimum absolute atomic E-state index is 0.0281. The predicted molar refractivity (Wildman–Crippen MR) is 95.1 cm³/mol. The van der Waals surface area contributed by atoms with Crippen molar-refractivity contribution in [3.8, 4) is 11.5 Å². The number of nitrogens with zero attached hydrogens (tertiary/aromatic N) is 1. The lowest BCUT2D eigenvalue weighted by molar-refractivity contribution is -0.126. The molecule has 3 N–H and O–H groups in total. The average Bonchev–Trinajstić information content (AvgIpc) is 2.58. The fourth-order valence-electron chi connectivity index (χ4n) is 1.87. The first-order valence-corrected chi connectivity index (χ1v) is 7.60. The number of aromatic hydroxyl groups is 1. The van der Waals surface area contributed by atoms with Gasteiger partial charge in [0.15, 0.2) is 0 Å². The van der Waals surface area contributed by atoms with Crippen LogP contribution >= 0.6 is 11.6 Å². The van der Waals surface area contributed by atoms with E-state index in [4.69, 9.17) is 16.3 Å². The second kappa shape index (κ2) is 8.70. The van der Waals surface area contributed by atoms with Crippen molar-refractivity contribution in [3.05, 3.63) is 53.1 Å². The molecule has 0 bridgehead atoms. The maximum Gasteiger partial charge on any atom is 0.249 e. The van der Waals surface area contributed by atoms with Crippen LogP contribution < -0.4 is 15.5 Å². The lowest BCUT2D eigenvalue weighted by atomic mass is 10.2. The van der Waals surface area contributed by atoms with Gasteiger partial charge in [0.05, 0.1) is 13.3 Å². The Labute approximate surface area is 149 Å². The summed E-state index contributed by atoms with van der Waals surface area (Å²) >= 11 is 5.80. The molecule has 0 heterocycles. The molecule has 0 saturated heterocycles. The van der Waals surface area contributed by atoms with Crippen LogP contribution in [0.25, 0.3) is 0 Å². The van der Waals surface area contributed by atoms with Crippen LogP contribution in [0, 0.1) is 0 Å². The summed E-state index contributed by atoms with van der Waals surface area (Å²) in [6.45, 7) is 0. The molecule has 0 aliphatic heterocycles. The van der Waals surface area contributed by atoms with Crippen molar-refractivity contribution >= 4 is 35.3 Å². The summed E-state index contributed by atoms with van der Waals surface area (Å²) in [5.74, 6) is -0.443. The number of hydrazone groups is 1. The van der Waals surface area contributed by atoms with Gasteiger partial charge in [-0.3, -0.25) is 9.59 Å². The molecule has 7 nitrogen and oxygen atoms in total. The fourth-order valence-corrected chi connectivity index (χ4v) is 2.05. The molecule has 25 heavy (non-hydrogen) atoms. The fraction of sp³-hybridized carbons (Fsp3) is 0.118. The highest BCUT2D eigenvalue weighted by atomic mass is 35.5. The largest absolute Gasteiger partial charge is 0.507 e. The van der Waals surface area contributed by atoms with Gasteiger partial charge >= 0.3 is 0 Å². The predicted octanol–water partition coefficient (Wildman–Crippen LogP) is 2.53. The number of phenolic OH excluding ortho intramolecular Hbond substituents is 1. The summed E-state index contributed by atoms with van der Waals surface area (Å²) in [6.07, 6.45) is 0.839. The van der Waals surface area contributed by atoms with E-state index in [1.807, 2.05) is 0 Å². The summed E-state index contributed by atoms with van der Waals surface area (Å²) in [5, 5.41) is 16.3. The van der Waals surface area contributed by atoms with Crippen molar-refractivity contribution in [1.29, 1.82) is 0 Å². The Hall–Kier alpha value is -3.06. The third-order valence-corrected chi connectivity index (χ3v) is 3.31. The lowest BCUT2D eigenvalue weighted by Crippen LogP contribution is -2.24. The van der Waals surface area contributed by atoms with Crippen molar-refractivity contribution in [2.45, 2.75) is 6.42 Å². The molecule has 0 spiro atoms. The van der Waals surface area contributed by atoms with Gasteiger partial charge in [-0.2, -0.15) is 5.10 Å². The van der Waals surface area contributed by atoms with Crippen LogP contribution in [0.4, 0.5) is 5.69 Å². The quantitative estimate of drug-likeness (QED) is 0.418. The molecule has 0 unspecified atom stereocenters. The molecule has 2 aromatic carbocycles. The molecule has 8 heteroatoms. The summed E-state index contributed by atoms with van der Waals surface area (Å²) in [7, 11) is 1.54. The Kier molecular flexibility index (Phi) is 6.36. The van der Waals surface area contributed by atoms with Crippen LogP contribution in [-0.4, -0.2) is 30.2 Å². The summed E-state index contributed by atoms with van der Waals surface area (Å²) < 4.78 is 5.02. The van der Waals surface area contributed by atoms with Crippen molar-refractivity contribution in [2.75, 3.05) is 12.4 Å². The number of phenols is 1. The molecule has 0 atom stereocenters. The second-order valence-corrected chi connectivity index (χ2v) is 5.39. The molecular weight excluding hydrogens is 346 g/mol. The molecule has 2 rings (SSSR count). The highest BCUT2D eigenvalue weighted by molar-refractivity contribution is 6.30. The normalized spacial score (nSPS) is 10.5. The number of carbonyl (C=O) groups is 2. The first-order valence-electron chi connectivity index (χ1n) is 7.22. The van der Waals surface area contributed by atoms with E-state index >= 15 is 0 Å². The van der Waals surface area contributed by atoms with Gasteiger partial charge in [0.1, 0.15) is 17.9 Å². The molecule has 0 aliphatic carbocycles. The maximum atomic E-state index is 11.8. The summed E-state index contributed by atoms with van der Waals surface area (Å²) in [6, 6.07) is 11.1. The van der Waals surface area contributed by atoms with Crippen molar-refractivity contribution in [3.63, 3.8) is 0 Å². The zero-order valence-electron chi connectivity index (χ0n) is 13.3. The van der Waals surface area contributed by atoms with E-state index in [1.54, 1.807) is 31.4 Å². The molecule has 0 saturated carbocycles. The number of anilines is 1. The van der Waals surface area contributed by atoms with E-state index in [9.17, 15) is 14.7 Å². The zero-order valence-corrected chi connectivity index (χ0v) is 14.1. The van der Waals surface area contributed by atoms with Crippen LogP contribution in [-0.2, 0) is 9.59 Å². The monoisotopic (exact) mass is 361 g/mol. The number of nitrogens with one attached hydrogen (secondary N) is 2. The molecular formula is C17H16ClN3O4. The number of ether oxygens (including phenoxy) is 1. The van der Waals surface area contributed by atoms with Gasteiger partial charge < -0.3 is 15.2 Å². The van der Waals surface area contributed by atoms with Gasteiger partial charge in [-0.15, -0.1) is 0 Å². The molecule has 2 aromatic rings. The van der Waals surface area contributed by atoms with Crippen molar-refractivity contribution in [1.82, 2.24) is 5.43 Å². The number of hydrogen-bond acceptors (Lipinski definition) is 5.